The van der Waals surface area contributed by atoms with Crippen LogP contribution in [0.15, 0.2) is 46.9 Å². The quantitative estimate of drug-likeness (QED) is 0.767. The number of aryl methyl sites for hydroxylation is 1. The van der Waals surface area contributed by atoms with Gasteiger partial charge in [-0.25, -0.2) is 4.79 Å². The van der Waals surface area contributed by atoms with Crippen LogP contribution in [0.2, 0.25) is 0 Å². The third-order valence-electron chi connectivity index (χ3n) is 3.97. The van der Waals surface area contributed by atoms with Gasteiger partial charge in [-0.3, -0.25) is 4.90 Å². The van der Waals surface area contributed by atoms with Crippen LogP contribution in [-0.2, 0) is 17.8 Å². The van der Waals surface area contributed by atoms with Crippen molar-refractivity contribution in [1.82, 2.24) is 0 Å². The van der Waals surface area contributed by atoms with Gasteiger partial charge in [-0.2, -0.15) is 0 Å². The summed E-state index contributed by atoms with van der Waals surface area (Å²) in [5.74, 6) is 0. The van der Waals surface area contributed by atoms with Crippen LogP contribution in [0.4, 0.5) is 10.5 Å². The third kappa shape index (κ3) is 3.02. The summed E-state index contributed by atoms with van der Waals surface area (Å²) in [6, 6.07) is 13.9. The minimum atomic E-state index is -0.272. The van der Waals surface area contributed by atoms with Gasteiger partial charge >= 0.3 is 6.09 Å². The van der Waals surface area contributed by atoms with Crippen molar-refractivity contribution in [2.45, 2.75) is 26.4 Å². The Balaban J connectivity index is 1.79. The molecule has 2 aromatic carbocycles. The molecule has 3 rings (SSSR count). The Labute approximate surface area is 139 Å². The van der Waals surface area contributed by atoms with Gasteiger partial charge in [-0.1, -0.05) is 52.3 Å². The second kappa shape index (κ2) is 6.53. The van der Waals surface area contributed by atoms with Crippen molar-refractivity contribution in [2.75, 3.05) is 11.4 Å². The fraction of sp³-hybridized carbons (Fsp3) is 0.278. The Morgan fingerprint density at radius 3 is 2.77 bits per heavy atom. The van der Waals surface area contributed by atoms with Crippen molar-refractivity contribution in [3.8, 4) is 0 Å². The Bertz CT molecular complexity index is 685. The number of ether oxygens (including phenoxy) is 1. The average molecular weight is 360 g/mol. The number of halogens is 1. The molecule has 114 valence electrons. The van der Waals surface area contributed by atoms with E-state index in [1.54, 1.807) is 4.90 Å². The first kappa shape index (κ1) is 15.1. The second-order valence-electron chi connectivity index (χ2n) is 5.48. The molecular weight excluding hydrogens is 342 g/mol. The van der Waals surface area contributed by atoms with Crippen LogP contribution in [-0.4, -0.2) is 12.6 Å². The van der Waals surface area contributed by atoms with E-state index >= 15 is 0 Å². The summed E-state index contributed by atoms with van der Waals surface area (Å²) < 4.78 is 6.51. The van der Waals surface area contributed by atoms with E-state index in [4.69, 9.17) is 4.74 Å². The number of benzene rings is 2. The molecule has 0 aliphatic carbocycles. The lowest BCUT2D eigenvalue weighted by atomic mass is 9.99. The van der Waals surface area contributed by atoms with Gasteiger partial charge in [0.25, 0.3) is 0 Å². The SMILES string of the molecule is Cc1c(Br)ccc2c1N(C(=O)OCc1ccccc1)CCC2. The van der Waals surface area contributed by atoms with Crippen molar-refractivity contribution < 1.29 is 9.53 Å². The highest BCUT2D eigenvalue weighted by Crippen LogP contribution is 2.35. The topological polar surface area (TPSA) is 29.5 Å². The van der Waals surface area contributed by atoms with Crippen LogP contribution in [0, 0.1) is 6.92 Å². The molecule has 0 atom stereocenters. The minimum Gasteiger partial charge on any atom is -0.444 e. The number of nitrogens with zero attached hydrogens (tertiary/aromatic N) is 1. The Hall–Kier alpha value is -1.81. The van der Waals surface area contributed by atoms with Crippen molar-refractivity contribution in [2.24, 2.45) is 0 Å². The van der Waals surface area contributed by atoms with E-state index in [0.29, 0.717) is 13.2 Å². The molecule has 1 aliphatic rings. The lowest BCUT2D eigenvalue weighted by molar-refractivity contribution is 0.146. The van der Waals surface area contributed by atoms with Crippen LogP contribution in [0.25, 0.3) is 0 Å². The lowest BCUT2D eigenvalue weighted by Crippen LogP contribution is -2.36. The van der Waals surface area contributed by atoms with Crippen LogP contribution in [0.3, 0.4) is 0 Å². The lowest BCUT2D eigenvalue weighted by Gasteiger charge is -2.30. The average Bonchev–Trinajstić information content (AvgIpc) is 2.56. The molecular formula is C18H18BrNO2. The summed E-state index contributed by atoms with van der Waals surface area (Å²) >= 11 is 3.55. The Morgan fingerprint density at radius 1 is 1.23 bits per heavy atom. The van der Waals surface area contributed by atoms with Gasteiger partial charge in [-0.15, -0.1) is 0 Å². The van der Waals surface area contributed by atoms with Crippen molar-refractivity contribution in [1.29, 1.82) is 0 Å². The molecule has 0 N–H and O–H groups in total. The number of carbonyl (C=O) groups excluding carboxylic acids is 1. The first-order chi connectivity index (χ1) is 10.7. The van der Waals surface area contributed by atoms with Gasteiger partial charge in [0.1, 0.15) is 6.61 Å². The highest BCUT2D eigenvalue weighted by Gasteiger charge is 2.26. The fourth-order valence-corrected chi connectivity index (χ4v) is 3.15. The largest absolute Gasteiger partial charge is 0.444 e. The molecule has 0 aromatic heterocycles. The smallest absolute Gasteiger partial charge is 0.414 e. The molecule has 1 heterocycles. The van der Waals surface area contributed by atoms with Crippen molar-refractivity contribution >= 4 is 27.7 Å². The summed E-state index contributed by atoms with van der Waals surface area (Å²) in [5.41, 5.74) is 4.30. The maximum atomic E-state index is 12.5. The molecule has 0 fully saturated rings. The summed E-state index contributed by atoms with van der Waals surface area (Å²) in [6.07, 6.45) is 1.70. The van der Waals surface area contributed by atoms with Crippen LogP contribution in [0.5, 0.6) is 0 Å². The molecule has 0 spiro atoms. The number of anilines is 1. The standard InChI is InChI=1S/C18H18BrNO2/c1-13-16(19)10-9-15-8-5-11-20(17(13)15)18(21)22-12-14-6-3-2-4-7-14/h2-4,6-7,9-10H,5,8,11-12H2,1H3. The van der Waals surface area contributed by atoms with Gasteiger partial charge in [0.05, 0.1) is 5.69 Å². The highest BCUT2D eigenvalue weighted by molar-refractivity contribution is 9.10. The van der Waals surface area contributed by atoms with Crippen LogP contribution < -0.4 is 4.90 Å². The fourth-order valence-electron chi connectivity index (χ4n) is 2.83. The second-order valence-corrected chi connectivity index (χ2v) is 6.33. The molecule has 3 nitrogen and oxygen atoms in total. The maximum absolute atomic E-state index is 12.5. The number of fused-ring (bicyclic) bond motifs is 1. The van der Waals surface area contributed by atoms with Gasteiger partial charge < -0.3 is 4.74 Å². The summed E-state index contributed by atoms with van der Waals surface area (Å²) in [4.78, 5) is 14.3. The molecule has 0 saturated carbocycles. The zero-order chi connectivity index (χ0) is 15.5. The number of rotatable bonds is 2. The first-order valence-electron chi connectivity index (χ1n) is 7.43. The number of carbonyl (C=O) groups is 1. The van der Waals surface area contributed by atoms with E-state index < -0.39 is 0 Å². The molecule has 0 radical (unpaired) electrons. The Morgan fingerprint density at radius 2 is 2.00 bits per heavy atom. The van der Waals surface area contributed by atoms with E-state index in [-0.39, 0.29) is 6.09 Å². The normalized spacial score (nSPS) is 13.6. The molecule has 2 aromatic rings. The molecule has 22 heavy (non-hydrogen) atoms. The first-order valence-corrected chi connectivity index (χ1v) is 8.22. The zero-order valence-electron chi connectivity index (χ0n) is 12.5. The molecule has 0 bridgehead atoms. The molecule has 0 saturated heterocycles. The van der Waals surface area contributed by atoms with Crippen LogP contribution >= 0.6 is 15.9 Å². The molecule has 1 aliphatic heterocycles. The van der Waals surface area contributed by atoms with Crippen molar-refractivity contribution in [3.63, 3.8) is 0 Å². The maximum Gasteiger partial charge on any atom is 0.414 e. The Kier molecular flexibility index (Phi) is 4.48. The predicted octanol–water partition coefficient (Wildman–Crippen LogP) is 4.85. The summed E-state index contributed by atoms with van der Waals surface area (Å²) in [7, 11) is 0. The zero-order valence-corrected chi connectivity index (χ0v) is 14.1. The van der Waals surface area contributed by atoms with E-state index in [2.05, 4.69) is 22.0 Å². The van der Waals surface area contributed by atoms with Crippen LogP contribution in [0.1, 0.15) is 23.1 Å². The van der Waals surface area contributed by atoms with Gasteiger partial charge in [0.15, 0.2) is 0 Å². The van der Waals surface area contributed by atoms with Gasteiger partial charge in [0, 0.05) is 11.0 Å². The van der Waals surface area contributed by atoms with E-state index in [0.717, 1.165) is 34.1 Å². The monoisotopic (exact) mass is 359 g/mol. The number of hydrogen-bond acceptors (Lipinski definition) is 2. The minimum absolute atomic E-state index is 0.272. The predicted molar refractivity (Wildman–Crippen MR) is 91.2 cm³/mol. The molecule has 4 heteroatoms. The third-order valence-corrected chi connectivity index (χ3v) is 4.83. The molecule has 0 unspecified atom stereocenters. The van der Waals surface area contributed by atoms with Crippen molar-refractivity contribution in [3.05, 3.63) is 63.6 Å². The molecule has 1 amide bonds. The summed E-state index contributed by atoms with van der Waals surface area (Å²) in [5, 5.41) is 0. The highest BCUT2D eigenvalue weighted by atomic mass is 79.9. The number of hydrogen-bond donors (Lipinski definition) is 0. The van der Waals surface area contributed by atoms with Gasteiger partial charge in [0.2, 0.25) is 0 Å². The number of amides is 1. The van der Waals surface area contributed by atoms with E-state index in [1.165, 1.54) is 5.56 Å². The summed E-state index contributed by atoms with van der Waals surface area (Å²) in [6.45, 7) is 3.04. The van der Waals surface area contributed by atoms with Gasteiger partial charge in [-0.05, 0) is 42.5 Å². The van der Waals surface area contributed by atoms with E-state index in [1.807, 2.05) is 43.3 Å². The van der Waals surface area contributed by atoms with E-state index in [9.17, 15) is 4.79 Å².